The number of amides is 1. The Balaban J connectivity index is 2.94. The van der Waals surface area contributed by atoms with E-state index in [9.17, 15) is 14.7 Å². The summed E-state index contributed by atoms with van der Waals surface area (Å²) in [6.07, 6.45) is 1.53. The standard InChI is InChI=1S/C14H17NO5/c1-14(2,3)20-13(19)15-11-6-5-10(16)8-9(11)4-7-12(17)18/h4-8,16H,1-3H3,(H,15,19)(H,17,18)/b7-4+. The number of carbonyl (C=O) groups is 2. The van der Waals surface area contributed by atoms with Crippen LogP contribution in [0.15, 0.2) is 24.3 Å². The highest BCUT2D eigenvalue weighted by molar-refractivity contribution is 5.91. The van der Waals surface area contributed by atoms with E-state index in [0.29, 0.717) is 11.3 Å². The number of hydrogen-bond donors (Lipinski definition) is 3. The Kier molecular flexibility index (Phi) is 4.74. The third kappa shape index (κ3) is 5.43. The minimum Gasteiger partial charge on any atom is -0.508 e. The Bertz CT molecular complexity index is 543. The van der Waals surface area contributed by atoms with Crippen molar-refractivity contribution < 1.29 is 24.5 Å². The lowest BCUT2D eigenvalue weighted by Crippen LogP contribution is -2.27. The number of carbonyl (C=O) groups excluding carboxylic acids is 1. The highest BCUT2D eigenvalue weighted by atomic mass is 16.6. The summed E-state index contributed by atoms with van der Waals surface area (Å²) in [4.78, 5) is 22.2. The zero-order chi connectivity index (χ0) is 15.3. The van der Waals surface area contributed by atoms with Crippen molar-refractivity contribution in [2.45, 2.75) is 26.4 Å². The first kappa shape index (κ1) is 15.6. The number of hydrogen-bond acceptors (Lipinski definition) is 4. The van der Waals surface area contributed by atoms with Gasteiger partial charge < -0.3 is 14.9 Å². The van der Waals surface area contributed by atoms with Crippen LogP contribution in [0.1, 0.15) is 26.3 Å². The monoisotopic (exact) mass is 279 g/mol. The van der Waals surface area contributed by atoms with Gasteiger partial charge in [-0.1, -0.05) is 0 Å². The predicted octanol–water partition coefficient (Wildman–Crippen LogP) is 2.84. The highest BCUT2D eigenvalue weighted by Gasteiger charge is 2.17. The van der Waals surface area contributed by atoms with Crippen molar-refractivity contribution in [3.63, 3.8) is 0 Å². The van der Waals surface area contributed by atoms with Gasteiger partial charge in [0.1, 0.15) is 11.4 Å². The molecule has 0 aliphatic carbocycles. The summed E-state index contributed by atoms with van der Waals surface area (Å²) in [5.41, 5.74) is 0.0609. The first-order valence-corrected chi connectivity index (χ1v) is 5.91. The molecule has 0 saturated carbocycles. The Morgan fingerprint density at radius 2 is 1.95 bits per heavy atom. The molecule has 6 heteroatoms. The minimum atomic E-state index is -1.13. The van der Waals surface area contributed by atoms with Crippen LogP contribution in [0, 0.1) is 0 Å². The number of ether oxygens (including phenoxy) is 1. The largest absolute Gasteiger partial charge is 0.508 e. The van der Waals surface area contributed by atoms with Crippen LogP contribution in [-0.4, -0.2) is 27.9 Å². The van der Waals surface area contributed by atoms with Crippen molar-refractivity contribution in [1.82, 2.24) is 0 Å². The molecule has 0 aliphatic heterocycles. The number of anilines is 1. The van der Waals surface area contributed by atoms with Crippen molar-refractivity contribution >= 4 is 23.8 Å². The zero-order valence-electron chi connectivity index (χ0n) is 11.5. The number of carboxylic acids is 1. The molecule has 0 bridgehead atoms. The Morgan fingerprint density at radius 3 is 2.50 bits per heavy atom. The zero-order valence-corrected chi connectivity index (χ0v) is 11.5. The third-order valence-corrected chi connectivity index (χ3v) is 2.08. The summed E-state index contributed by atoms with van der Waals surface area (Å²) in [6.45, 7) is 5.19. The summed E-state index contributed by atoms with van der Waals surface area (Å²) in [7, 11) is 0. The average Bonchev–Trinajstić information content (AvgIpc) is 2.26. The molecule has 3 N–H and O–H groups in total. The summed E-state index contributed by atoms with van der Waals surface area (Å²) in [5, 5.41) is 20.5. The molecule has 0 heterocycles. The van der Waals surface area contributed by atoms with Gasteiger partial charge in [-0.25, -0.2) is 9.59 Å². The van der Waals surface area contributed by atoms with Crippen molar-refractivity contribution in [3.8, 4) is 5.75 Å². The molecule has 0 fully saturated rings. The molecule has 1 rings (SSSR count). The van der Waals surface area contributed by atoms with E-state index in [4.69, 9.17) is 9.84 Å². The molecule has 0 spiro atoms. The number of nitrogens with one attached hydrogen (secondary N) is 1. The van der Waals surface area contributed by atoms with Gasteiger partial charge in [0.2, 0.25) is 0 Å². The lowest BCUT2D eigenvalue weighted by atomic mass is 10.1. The minimum absolute atomic E-state index is 0.0372. The van der Waals surface area contributed by atoms with Crippen LogP contribution in [0.4, 0.5) is 10.5 Å². The van der Waals surface area contributed by atoms with Crippen LogP contribution < -0.4 is 5.32 Å². The number of rotatable bonds is 3. The van der Waals surface area contributed by atoms with Gasteiger partial charge in [0.25, 0.3) is 0 Å². The van der Waals surface area contributed by atoms with Gasteiger partial charge in [-0.15, -0.1) is 0 Å². The van der Waals surface area contributed by atoms with Gasteiger partial charge >= 0.3 is 12.1 Å². The summed E-state index contributed by atoms with van der Waals surface area (Å²) in [6, 6.07) is 4.18. The van der Waals surface area contributed by atoms with Gasteiger partial charge in [0.05, 0.1) is 5.69 Å². The van der Waals surface area contributed by atoms with Gasteiger partial charge in [-0.2, -0.15) is 0 Å². The maximum Gasteiger partial charge on any atom is 0.412 e. The molecule has 1 amide bonds. The van der Waals surface area contributed by atoms with Crippen LogP contribution in [0.2, 0.25) is 0 Å². The van der Waals surface area contributed by atoms with Crippen LogP contribution in [0.5, 0.6) is 5.75 Å². The summed E-state index contributed by atoms with van der Waals surface area (Å²) in [5.74, 6) is -1.17. The molecule has 108 valence electrons. The van der Waals surface area contributed by atoms with E-state index in [-0.39, 0.29) is 5.75 Å². The second kappa shape index (κ2) is 6.10. The van der Waals surface area contributed by atoms with E-state index in [1.165, 1.54) is 24.3 Å². The van der Waals surface area contributed by atoms with Gasteiger partial charge in [-0.3, -0.25) is 5.32 Å². The summed E-state index contributed by atoms with van der Waals surface area (Å²) < 4.78 is 5.10. The quantitative estimate of drug-likeness (QED) is 0.584. The molecule has 20 heavy (non-hydrogen) atoms. The van der Waals surface area contributed by atoms with E-state index in [1.54, 1.807) is 20.8 Å². The molecule has 0 aromatic heterocycles. The molecule has 6 nitrogen and oxygen atoms in total. The van der Waals surface area contributed by atoms with Crippen molar-refractivity contribution in [2.75, 3.05) is 5.32 Å². The van der Waals surface area contributed by atoms with Gasteiger partial charge in [0, 0.05) is 11.6 Å². The molecule has 0 atom stereocenters. The van der Waals surface area contributed by atoms with E-state index in [0.717, 1.165) is 6.08 Å². The van der Waals surface area contributed by atoms with Crippen LogP contribution in [0.25, 0.3) is 6.08 Å². The molecule has 0 unspecified atom stereocenters. The first-order chi connectivity index (χ1) is 9.17. The topological polar surface area (TPSA) is 95.9 Å². The highest BCUT2D eigenvalue weighted by Crippen LogP contribution is 2.23. The Morgan fingerprint density at radius 1 is 1.30 bits per heavy atom. The number of aliphatic carboxylic acids is 1. The van der Waals surface area contributed by atoms with E-state index >= 15 is 0 Å². The lowest BCUT2D eigenvalue weighted by Gasteiger charge is -2.20. The van der Waals surface area contributed by atoms with Gasteiger partial charge in [-0.05, 0) is 45.0 Å². The van der Waals surface area contributed by atoms with Crippen molar-refractivity contribution in [1.29, 1.82) is 0 Å². The molecule has 1 aromatic carbocycles. The number of phenolic OH excluding ortho intramolecular Hbond substituents is 1. The average molecular weight is 279 g/mol. The fourth-order valence-electron chi connectivity index (χ4n) is 1.38. The van der Waals surface area contributed by atoms with Crippen molar-refractivity contribution in [3.05, 3.63) is 29.8 Å². The second-order valence-electron chi connectivity index (χ2n) is 5.07. The van der Waals surface area contributed by atoms with E-state index in [2.05, 4.69) is 5.32 Å². The molecule has 0 saturated heterocycles. The maximum atomic E-state index is 11.7. The maximum absolute atomic E-state index is 11.7. The first-order valence-electron chi connectivity index (χ1n) is 5.91. The fraction of sp³-hybridized carbons (Fsp3) is 0.286. The fourth-order valence-corrected chi connectivity index (χ4v) is 1.38. The summed E-state index contributed by atoms with van der Waals surface area (Å²) >= 11 is 0. The molecular weight excluding hydrogens is 262 g/mol. The van der Waals surface area contributed by atoms with Crippen LogP contribution in [0.3, 0.4) is 0 Å². The number of carboxylic acid groups (broad SMARTS) is 1. The Hall–Kier alpha value is -2.50. The SMILES string of the molecule is CC(C)(C)OC(=O)Nc1ccc(O)cc1/C=C/C(=O)O. The Labute approximate surface area is 116 Å². The molecule has 0 aliphatic rings. The normalized spacial score (nSPS) is 11.3. The number of benzene rings is 1. The molecule has 0 radical (unpaired) electrons. The molecular formula is C14H17NO5. The lowest BCUT2D eigenvalue weighted by molar-refractivity contribution is -0.131. The predicted molar refractivity (Wildman–Crippen MR) is 74.6 cm³/mol. The smallest absolute Gasteiger partial charge is 0.412 e. The second-order valence-corrected chi connectivity index (χ2v) is 5.07. The van der Waals surface area contributed by atoms with Crippen LogP contribution >= 0.6 is 0 Å². The third-order valence-electron chi connectivity index (χ3n) is 2.08. The van der Waals surface area contributed by atoms with Crippen LogP contribution in [-0.2, 0) is 9.53 Å². The van der Waals surface area contributed by atoms with E-state index < -0.39 is 17.7 Å². The number of aromatic hydroxyl groups is 1. The molecule has 1 aromatic rings. The van der Waals surface area contributed by atoms with Crippen molar-refractivity contribution in [2.24, 2.45) is 0 Å². The van der Waals surface area contributed by atoms with Gasteiger partial charge in [0.15, 0.2) is 0 Å². The number of phenols is 1. The van der Waals surface area contributed by atoms with E-state index in [1.807, 2.05) is 0 Å².